The average Bonchev–Trinajstić information content (AvgIpc) is 2.31. The van der Waals surface area contributed by atoms with Gasteiger partial charge in [-0.05, 0) is 12.1 Å². The number of halogens is 1. The molecule has 15 heavy (non-hydrogen) atoms. The molecular weight excluding hydrogens is 256 g/mol. The number of hydrogen-bond acceptors (Lipinski definition) is 3. The first-order valence-electron chi connectivity index (χ1n) is 5.18. The van der Waals surface area contributed by atoms with Crippen molar-refractivity contribution in [1.29, 1.82) is 0 Å². The van der Waals surface area contributed by atoms with Gasteiger partial charge in [-0.2, -0.15) is 0 Å². The summed E-state index contributed by atoms with van der Waals surface area (Å²) in [4.78, 5) is 6.76. The number of alkyl halides is 1. The van der Waals surface area contributed by atoms with Gasteiger partial charge in [-0.25, -0.2) is 0 Å². The van der Waals surface area contributed by atoms with Gasteiger partial charge in [0.2, 0.25) is 0 Å². The van der Waals surface area contributed by atoms with Crippen molar-refractivity contribution >= 4 is 15.9 Å². The minimum Gasteiger partial charge on any atom is -0.378 e. The Hall–Kier alpha value is -0.450. The maximum Gasteiger partial charge on any atom is 0.0630 e. The molecule has 0 spiro atoms. The summed E-state index contributed by atoms with van der Waals surface area (Å²) >= 11 is 3.52. The second kappa shape index (κ2) is 5.58. The molecule has 1 aromatic rings. The van der Waals surface area contributed by atoms with Gasteiger partial charge >= 0.3 is 0 Å². The Labute approximate surface area is 98.6 Å². The first kappa shape index (κ1) is 11.0. The summed E-state index contributed by atoms with van der Waals surface area (Å²) in [6.45, 7) is 3.56. The molecule has 0 aromatic carbocycles. The highest BCUT2D eigenvalue weighted by molar-refractivity contribution is 9.09. The van der Waals surface area contributed by atoms with Gasteiger partial charge in [0, 0.05) is 30.7 Å². The average molecular weight is 271 g/mol. The van der Waals surface area contributed by atoms with Crippen molar-refractivity contribution in [1.82, 2.24) is 9.88 Å². The molecule has 2 rings (SSSR count). The van der Waals surface area contributed by atoms with E-state index < -0.39 is 0 Å². The second-order valence-electron chi connectivity index (χ2n) is 3.67. The summed E-state index contributed by atoms with van der Waals surface area (Å²) in [6.07, 6.45) is 1.85. The van der Waals surface area contributed by atoms with E-state index in [0.29, 0.717) is 6.04 Å². The van der Waals surface area contributed by atoms with Crippen LogP contribution in [0.25, 0.3) is 0 Å². The minimum absolute atomic E-state index is 0.473. The molecule has 3 nitrogen and oxygen atoms in total. The lowest BCUT2D eigenvalue weighted by atomic mass is 10.2. The smallest absolute Gasteiger partial charge is 0.0630 e. The largest absolute Gasteiger partial charge is 0.378 e. The van der Waals surface area contributed by atoms with Crippen LogP contribution in [0.2, 0.25) is 0 Å². The van der Waals surface area contributed by atoms with Crippen molar-refractivity contribution < 1.29 is 4.74 Å². The molecule has 1 fully saturated rings. The van der Waals surface area contributed by atoms with Gasteiger partial charge in [0.1, 0.15) is 0 Å². The molecule has 82 valence electrons. The summed E-state index contributed by atoms with van der Waals surface area (Å²) in [5.41, 5.74) is 1.13. The zero-order chi connectivity index (χ0) is 10.5. The van der Waals surface area contributed by atoms with Gasteiger partial charge in [0.15, 0.2) is 0 Å². The van der Waals surface area contributed by atoms with Gasteiger partial charge in [0.05, 0.1) is 18.9 Å². The fourth-order valence-electron chi connectivity index (χ4n) is 1.74. The van der Waals surface area contributed by atoms with E-state index in [-0.39, 0.29) is 0 Å². The Bertz CT molecular complexity index is 294. The lowest BCUT2D eigenvalue weighted by Crippen LogP contribution is -2.45. The molecule has 0 saturated carbocycles. The van der Waals surface area contributed by atoms with Crippen molar-refractivity contribution in [3.8, 4) is 0 Å². The SMILES string of the molecule is BrCC1COCCN1Cc1ccccn1. The van der Waals surface area contributed by atoms with E-state index >= 15 is 0 Å². The van der Waals surface area contributed by atoms with Gasteiger partial charge < -0.3 is 4.74 Å². The molecule has 4 heteroatoms. The normalized spacial score (nSPS) is 22.9. The molecule has 0 amide bonds. The van der Waals surface area contributed by atoms with Crippen LogP contribution in [-0.4, -0.2) is 41.0 Å². The highest BCUT2D eigenvalue weighted by Gasteiger charge is 2.21. The number of rotatable bonds is 3. The Kier molecular flexibility index (Phi) is 4.11. The van der Waals surface area contributed by atoms with Crippen LogP contribution in [0.1, 0.15) is 5.69 Å². The summed E-state index contributed by atoms with van der Waals surface area (Å²) < 4.78 is 5.45. The standard InChI is InChI=1S/C11H15BrN2O/c12-7-11-9-15-6-5-14(11)8-10-3-1-2-4-13-10/h1-4,11H,5-9H2. The van der Waals surface area contributed by atoms with Crippen LogP contribution < -0.4 is 0 Å². The first-order valence-corrected chi connectivity index (χ1v) is 6.30. The van der Waals surface area contributed by atoms with E-state index in [1.54, 1.807) is 0 Å². The van der Waals surface area contributed by atoms with Gasteiger partial charge in [-0.3, -0.25) is 9.88 Å². The lowest BCUT2D eigenvalue weighted by Gasteiger charge is -2.34. The predicted molar refractivity (Wildman–Crippen MR) is 63.0 cm³/mol. The van der Waals surface area contributed by atoms with Crippen LogP contribution in [0.3, 0.4) is 0 Å². The number of ether oxygens (including phenoxy) is 1. The Morgan fingerprint density at radius 3 is 3.20 bits per heavy atom. The van der Waals surface area contributed by atoms with Crippen LogP contribution in [0.5, 0.6) is 0 Å². The van der Waals surface area contributed by atoms with Crippen molar-refractivity contribution in [2.24, 2.45) is 0 Å². The van der Waals surface area contributed by atoms with Gasteiger partial charge in [0.25, 0.3) is 0 Å². The molecule has 1 atom stereocenters. The number of pyridine rings is 1. The van der Waals surface area contributed by atoms with Crippen LogP contribution in [0, 0.1) is 0 Å². The van der Waals surface area contributed by atoms with Crippen LogP contribution >= 0.6 is 15.9 Å². The third-order valence-electron chi connectivity index (χ3n) is 2.62. The van der Waals surface area contributed by atoms with Gasteiger partial charge in [-0.15, -0.1) is 0 Å². The third-order valence-corrected chi connectivity index (χ3v) is 3.37. The number of nitrogens with zero attached hydrogens (tertiary/aromatic N) is 2. The molecule has 0 radical (unpaired) electrons. The molecule has 1 aromatic heterocycles. The zero-order valence-corrected chi connectivity index (χ0v) is 10.2. The summed E-state index contributed by atoms with van der Waals surface area (Å²) in [6, 6.07) is 6.53. The van der Waals surface area contributed by atoms with Crippen molar-refractivity contribution in [2.45, 2.75) is 12.6 Å². The van der Waals surface area contributed by atoms with Gasteiger partial charge in [-0.1, -0.05) is 22.0 Å². The van der Waals surface area contributed by atoms with Crippen molar-refractivity contribution in [3.63, 3.8) is 0 Å². The Morgan fingerprint density at radius 2 is 2.47 bits per heavy atom. The molecule has 1 aliphatic heterocycles. The summed E-state index contributed by atoms with van der Waals surface area (Å²) in [5.74, 6) is 0. The third kappa shape index (κ3) is 3.00. The van der Waals surface area contributed by atoms with E-state index in [2.05, 4.69) is 31.9 Å². The van der Waals surface area contributed by atoms with Crippen LogP contribution in [-0.2, 0) is 11.3 Å². The summed E-state index contributed by atoms with van der Waals surface area (Å²) in [7, 11) is 0. The maximum absolute atomic E-state index is 5.45. The van der Waals surface area contributed by atoms with E-state index in [1.165, 1.54) is 0 Å². The monoisotopic (exact) mass is 270 g/mol. The first-order chi connectivity index (χ1) is 7.40. The molecule has 1 unspecified atom stereocenters. The molecular formula is C11H15BrN2O. The Morgan fingerprint density at radius 1 is 1.53 bits per heavy atom. The molecule has 2 heterocycles. The number of morpholine rings is 1. The fourth-order valence-corrected chi connectivity index (χ4v) is 2.34. The molecule has 0 N–H and O–H groups in total. The maximum atomic E-state index is 5.45. The predicted octanol–water partition coefficient (Wildman–Crippen LogP) is 1.68. The highest BCUT2D eigenvalue weighted by atomic mass is 79.9. The zero-order valence-electron chi connectivity index (χ0n) is 8.60. The quantitative estimate of drug-likeness (QED) is 0.782. The van der Waals surface area contributed by atoms with Crippen molar-refractivity contribution in [3.05, 3.63) is 30.1 Å². The minimum atomic E-state index is 0.473. The molecule has 0 bridgehead atoms. The van der Waals surface area contributed by atoms with Crippen LogP contribution in [0.4, 0.5) is 0 Å². The summed E-state index contributed by atoms with van der Waals surface area (Å²) in [5, 5.41) is 0.958. The van der Waals surface area contributed by atoms with E-state index in [9.17, 15) is 0 Å². The second-order valence-corrected chi connectivity index (χ2v) is 4.32. The number of aromatic nitrogens is 1. The topological polar surface area (TPSA) is 25.4 Å². The molecule has 0 aliphatic carbocycles. The van der Waals surface area contributed by atoms with Crippen molar-refractivity contribution in [2.75, 3.05) is 25.1 Å². The van der Waals surface area contributed by atoms with E-state index in [1.807, 2.05) is 18.3 Å². The number of hydrogen-bond donors (Lipinski definition) is 0. The lowest BCUT2D eigenvalue weighted by molar-refractivity contribution is -0.00266. The van der Waals surface area contributed by atoms with Crippen LogP contribution in [0.15, 0.2) is 24.4 Å². The molecule has 1 aliphatic rings. The fraction of sp³-hybridized carbons (Fsp3) is 0.545. The Balaban J connectivity index is 1.97. The van der Waals surface area contributed by atoms with E-state index in [0.717, 1.165) is 37.3 Å². The van der Waals surface area contributed by atoms with E-state index in [4.69, 9.17) is 4.74 Å². The highest BCUT2D eigenvalue weighted by Crippen LogP contribution is 2.12. The molecule has 1 saturated heterocycles.